The summed E-state index contributed by atoms with van der Waals surface area (Å²) in [5, 5.41) is 10.8. The molecule has 1 fully saturated rings. The number of aliphatic hydroxyl groups is 1. The Labute approximate surface area is 110 Å². The molecule has 1 atom stereocenters. The highest BCUT2D eigenvalue weighted by atomic mass is 16.5. The monoisotopic (exact) mass is 248 g/mol. The van der Waals surface area contributed by atoms with Crippen molar-refractivity contribution in [3.8, 4) is 5.75 Å². The Bertz CT molecular complexity index is 361. The second-order valence-electron chi connectivity index (χ2n) is 5.44. The van der Waals surface area contributed by atoms with E-state index < -0.39 is 5.60 Å². The van der Waals surface area contributed by atoms with E-state index >= 15 is 0 Å². The van der Waals surface area contributed by atoms with E-state index in [9.17, 15) is 5.11 Å². The predicted octanol–water partition coefficient (Wildman–Crippen LogP) is 3.87. The quantitative estimate of drug-likeness (QED) is 0.876. The first-order valence-electron chi connectivity index (χ1n) is 7.10. The highest BCUT2D eigenvalue weighted by Crippen LogP contribution is 2.39. The molecule has 0 heterocycles. The summed E-state index contributed by atoms with van der Waals surface area (Å²) >= 11 is 0. The molecule has 0 saturated heterocycles. The first kappa shape index (κ1) is 13.4. The van der Waals surface area contributed by atoms with Gasteiger partial charge in [-0.05, 0) is 50.3 Å². The van der Waals surface area contributed by atoms with Gasteiger partial charge in [0, 0.05) is 0 Å². The van der Waals surface area contributed by atoms with Crippen LogP contribution in [0.2, 0.25) is 0 Å². The number of benzene rings is 1. The summed E-state index contributed by atoms with van der Waals surface area (Å²) in [6.45, 7) is 4.61. The minimum Gasteiger partial charge on any atom is -0.494 e. The van der Waals surface area contributed by atoms with Crippen LogP contribution in [-0.4, -0.2) is 11.7 Å². The summed E-state index contributed by atoms with van der Waals surface area (Å²) in [4.78, 5) is 0. The van der Waals surface area contributed by atoms with Crippen LogP contribution in [0.4, 0.5) is 0 Å². The third kappa shape index (κ3) is 2.86. The summed E-state index contributed by atoms with van der Waals surface area (Å²) in [7, 11) is 0. The van der Waals surface area contributed by atoms with Crippen LogP contribution < -0.4 is 4.74 Å². The summed E-state index contributed by atoms with van der Waals surface area (Å²) in [6.07, 6.45) is 6.09. The maximum Gasteiger partial charge on any atom is 0.119 e. The average molecular weight is 248 g/mol. The molecule has 0 amide bonds. The van der Waals surface area contributed by atoms with Gasteiger partial charge in [-0.3, -0.25) is 0 Å². The van der Waals surface area contributed by atoms with Crippen LogP contribution >= 0.6 is 0 Å². The largest absolute Gasteiger partial charge is 0.494 e. The molecule has 1 aromatic rings. The standard InChI is InChI=1S/C16H24O2/c1-3-18-15-11-9-14(10-12-15)16(2,17)13-7-5-4-6-8-13/h9-13,17H,3-8H2,1-2H3. The predicted molar refractivity (Wildman–Crippen MR) is 73.8 cm³/mol. The fourth-order valence-electron chi connectivity index (χ4n) is 2.96. The Balaban J connectivity index is 2.12. The Hall–Kier alpha value is -1.02. The Kier molecular flexibility index (Phi) is 4.28. The molecule has 1 aliphatic carbocycles. The molecule has 1 aromatic carbocycles. The molecular weight excluding hydrogens is 224 g/mol. The Morgan fingerprint density at radius 1 is 1.17 bits per heavy atom. The van der Waals surface area contributed by atoms with E-state index in [-0.39, 0.29) is 0 Å². The second kappa shape index (κ2) is 5.75. The highest BCUT2D eigenvalue weighted by molar-refractivity contribution is 5.31. The van der Waals surface area contributed by atoms with Gasteiger partial charge in [0.05, 0.1) is 12.2 Å². The zero-order chi connectivity index (χ0) is 13.0. The summed E-state index contributed by atoms with van der Waals surface area (Å²) in [6, 6.07) is 7.91. The van der Waals surface area contributed by atoms with Gasteiger partial charge in [0.2, 0.25) is 0 Å². The van der Waals surface area contributed by atoms with Gasteiger partial charge in [0.15, 0.2) is 0 Å². The molecule has 0 aliphatic heterocycles. The Morgan fingerprint density at radius 2 is 1.78 bits per heavy atom. The van der Waals surface area contributed by atoms with Crippen molar-refractivity contribution < 1.29 is 9.84 Å². The van der Waals surface area contributed by atoms with E-state index in [1.807, 2.05) is 38.1 Å². The van der Waals surface area contributed by atoms with Gasteiger partial charge in [0.25, 0.3) is 0 Å². The van der Waals surface area contributed by atoms with E-state index in [4.69, 9.17) is 4.74 Å². The highest BCUT2D eigenvalue weighted by Gasteiger charge is 2.34. The molecule has 1 unspecified atom stereocenters. The molecule has 1 aliphatic rings. The molecule has 1 N–H and O–H groups in total. The first-order chi connectivity index (χ1) is 8.64. The van der Waals surface area contributed by atoms with E-state index in [0.717, 1.165) is 24.2 Å². The third-order valence-corrected chi connectivity index (χ3v) is 4.15. The number of hydrogen-bond donors (Lipinski definition) is 1. The van der Waals surface area contributed by atoms with Crippen LogP contribution in [0.5, 0.6) is 5.75 Å². The molecular formula is C16H24O2. The summed E-state index contributed by atoms with van der Waals surface area (Å²) < 4.78 is 5.44. The van der Waals surface area contributed by atoms with E-state index in [2.05, 4.69) is 0 Å². The van der Waals surface area contributed by atoms with E-state index in [1.165, 1.54) is 19.3 Å². The topological polar surface area (TPSA) is 29.5 Å². The van der Waals surface area contributed by atoms with Gasteiger partial charge in [-0.2, -0.15) is 0 Å². The van der Waals surface area contributed by atoms with Crippen molar-refractivity contribution in [2.45, 2.75) is 51.6 Å². The van der Waals surface area contributed by atoms with Crippen LogP contribution in [0.25, 0.3) is 0 Å². The molecule has 100 valence electrons. The molecule has 1 saturated carbocycles. The summed E-state index contributed by atoms with van der Waals surface area (Å²) in [5.41, 5.74) is 0.309. The van der Waals surface area contributed by atoms with Gasteiger partial charge < -0.3 is 9.84 Å². The molecule has 18 heavy (non-hydrogen) atoms. The SMILES string of the molecule is CCOc1ccc(C(C)(O)C2CCCCC2)cc1. The lowest BCUT2D eigenvalue weighted by Crippen LogP contribution is -2.33. The van der Waals surface area contributed by atoms with E-state index in [1.54, 1.807) is 0 Å². The van der Waals surface area contributed by atoms with Crippen molar-refractivity contribution in [3.63, 3.8) is 0 Å². The third-order valence-electron chi connectivity index (χ3n) is 4.15. The van der Waals surface area contributed by atoms with Crippen molar-refractivity contribution in [2.24, 2.45) is 5.92 Å². The molecule has 0 bridgehead atoms. The van der Waals surface area contributed by atoms with E-state index in [0.29, 0.717) is 12.5 Å². The fourth-order valence-corrected chi connectivity index (χ4v) is 2.96. The lowest BCUT2D eigenvalue weighted by Gasteiger charge is -2.36. The maximum absolute atomic E-state index is 10.8. The van der Waals surface area contributed by atoms with Gasteiger partial charge in [-0.15, -0.1) is 0 Å². The van der Waals surface area contributed by atoms with Crippen LogP contribution in [0.15, 0.2) is 24.3 Å². The van der Waals surface area contributed by atoms with Crippen molar-refractivity contribution in [1.29, 1.82) is 0 Å². The minimum absolute atomic E-state index is 0.393. The van der Waals surface area contributed by atoms with Gasteiger partial charge in [-0.1, -0.05) is 31.4 Å². The zero-order valence-corrected chi connectivity index (χ0v) is 11.5. The minimum atomic E-state index is -0.703. The zero-order valence-electron chi connectivity index (χ0n) is 11.5. The second-order valence-corrected chi connectivity index (χ2v) is 5.44. The van der Waals surface area contributed by atoms with Crippen LogP contribution in [0.1, 0.15) is 51.5 Å². The molecule has 0 aromatic heterocycles. The number of ether oxygens (including phenoxy) is 1. The normalized spacial score (nSPS) is 20.4. The molecule has 0 spiro atoms. The van der Waals surface area contributed by atoms with Gasteiger partial charge >= 0.3 is 0 Å². The fraction of sp³-hybridized carbons (Fsp3) is 0.625. The van der Waals surface area contributed by atoms with Gasteiger partial charge in [0.1, 0.15) is 5.75 Å². The molecule has 0 radical (unpaired) electrons. The van der Waals surface area contributed by atoms with Crippen molar-refractivity contribution in [3.05, 3.63) is 29.8 Å². The lowest BCUT2D eigenvalue weighted by atomic mass is 9.74. The number of hydrogen-bond acceptors (Lipinski definition) is 2. The smallest absolute Gasteiger partial charge is 0.119 e. The van der Waals surface area contributed by atoms with Crippen molar-refractivity contribution in [2.75, 3.05) is 6.61 Å². The summed E-state index contributed by atoms with van der Waals surface area (Å²) in [5.74, 6) is 1.27. The van der Waals surface area contributed by atoms with Crippen LogP contribution in [0, 0.1) is 5.92 Å². The average Bonchev–Trinajstić information content (AvgIpc) is 2.41. The van der Waals surface area contributed by atoms with Crippen molar-refractivity contribution in [1.82, 2.24) is 0 Å². The van der Waals surface area contributed by atoms with Gasteiger partial charge in [-0.25, -0.2) is 0 Å². The number of rotatable bonds is 4. The van der Waals surface area contributed by atoms with Crippen LogP contribution in [-0.2, 0) is 5.60 Å². The first-order valence-corrected chi connectivity index (χ1v) is 7.10. The lowest BCUT2D eigenvalue weighted by molar-refractivity contribution is -0.0215. The van der Waals surface area contributed by atoms with Crippen molar-refractivity contribution >= 4 is 0 Å². The molecule has 2 nitrogen and oxygen atoms in total. The Morgan fingerprint density at radius 3 is 2.33 bits per heavy atom. The molecule has 2 heteroatoms. The van der Waals surface area contributed by atoms with Crippen LogP contribution in [0.3, 0.4) is 0 Å². The molecule has 2 rings (SSSR count). The maximum atomic E-state index is 10.8.